The van der Waals surface area contributed by atoms with E-state index in [0.29, 0.717) is 6.42 Å². The average Bonchev–Trinajstić information content (AvgIpc) is 2.52. The summed E-state index contributed by atoms with van der Waals surface area (Å²) in [6.07, 6.45) is 0.590. The van der Waals surface area contributed by atoms with E-state index >= 15 is 0 Å². The Morgan fingerprint density at radius 3 is 2.30 bits per heavy atom. The summed E-state index contributed by atoms with van der Waals surface area (Å²) in [5.41, 5.74) is 9.01. The minimum Gasteiger partial charge on any atom is -0.497 e. The molecule has 0 aliphatic rings. The smallest absolute Gasteiger partial charge is 0.225 e. The van der Waals surface area contributed by atoms with Crippen LogP contribution in [0, 0.1) is 0 Å². The molecule has 2 rings (SSSR count). The largest absolute Gasteiger partial charge is 0.497 e. The van der Waals surface area contributed by atoms with Gasteiger partial charge in [0.2, 0.25) is 5.91 Å². The normalized spacial score (nSPS) is 12.7. The highest BCUT2D eigenvalue weighted by atomic mass is 16.5. The molecule has 0 aliphatic carbocycles. The summed E-state index contributed by atoms with van der Waals surface area (Å²) in [5, 5.41) is 0. The maximum absolute atomic E-state index is 11.9. The zero-order valence-electron chi connectivity index (χ0n) is 14.3. The van der Waals surface area contributed by atoms with E-state index in [0.717, 1.165) is 16.9 Å². The van der Waals surface area contributed by atoms with Crippen molar-refractivity contribution < 1.29 is 9.53 Å². The zero-order chi connectivity index (χ0) is 17.0. The zero-order valence-corrected chi connectivity index (χ0v) is 14.3. The highest BCUT2D eigenvalue weighted by Crippen LogP contribution is 2.26. The van der Waals surface area contributed by atoms with Gasteiger partial charge in [0.1, 0.15) is 5.75 Å². The van der Waals surface area contributed by atoms with E-state index in [1.165, 1.54) is 5.56 Å². The second-order valence-electron chi connectivity index (χ2n) is 6.88. The third kappa shape index (κ3) is 4.35. The monoisotopic (exact) mass is 311 g/mol. The molecule has 0 fully saturated rings. The molecule has 3 heteroatoms. The Labute approximate surface area is 138 Å². The summed E-state index contributed by atoms with van der Waals surface area (Å²) in [6.45, 7) is 6.55. The van der Waals surface area contributed by atoms with Crippen LogP contribution in [0.3, 0.4) is 0 Å². The molecule has 0 spiro atoms. The number of nitrogens with two attached hydrogens (primary N) is 1. The molecule has 1 unspecified atom stereocenters. The Balaban J connectivity index is 2.24. The fourth-order valence-corrected chi connectivity index (χ4v) is 2.62. The van der Waals surface area contributed by atoms with E-state index in [9.17, 15) is 4.79 Å². The highest BCUT2D eigenvalue weighted by molar-refractivity contribution is 5.82. The second-order valence-corrected chi connectivity index (χ2v) is 6.88. The number of hydrogen-bond donors (Lipinski definition) is 1. The van der Waals surface area contributed by atoms with Crippen molar-refractivity contribution in [3.8, 4) is 5.75 Å². The van der Waals surface area contributed by atoms with Gasteiger partial charge in [-0.2, -0.15) is 0 Å². The molecule has 122 valence electrons. The van der Waals surface area contributed by atoms with E-state index in [1.807, 2.05) is 24.3 Å². The Morgan fingerprint density at radius 1 is 1.13 bits per heavy atom. The molecule has 2 aromatic rings. The van der Waals surface area contributed by atoms with Crippen LogP contribution in [0.25, 0.3) is 0 Å². The molecule has 0 bridgehead atoms. The number of carbonyl (C=O) groups excluding carboxylic acids is 1. The molecule has 1 amide bonds. The molecule has 23 heavy (non-hydrogen) atoms. The summed E-state index contributed by atoms with van der Waals surface area (Å²) in [5.74, 6) is 0.0561. The predicted octanol–water partition coefficient (Wildman–Crippen LogP) is 3.80. The minimum absolute atomic E-state index is 0.119. The van der Waals surface area contributed by atoms with Gasteiger partial charge >= 0.3 is 0 Å². The van der Waals surface area contributed by atoms with Crippen LogP contribution in [-0.2, 0) is 16.6 Å². The van der Waals surface area contributed by atoms with Crippen LogP contribution in [0.4, 0.5) is 0 Å². The molecule has 0 aliphatic heterocycles. The third-order valence-corrected chi connectivity index (χ3v) is 4.10. The van der Waals surface area contributed by atoms with E-state index in [1.54, 1.807) is 7.11 Å². The maximum atomic E-state index is 11.9. The van der Waals surface area contributed by atoms with Gasteiger partial charge < -0.3 is 10.5 Å². The Bertz CT molecular complexity index is 669. The number of benzene rings is 2. The lowest BCUT2D eigenvalue weighted by molar-refractivity contribution is -0.119. The van der Waals surface area contributed by atoms with Gasteiger partial charge in [0.05, 0.1) is 13.0 Å². The van der Waals surface area contributed by atoms with Crippen molar-refractivity contribution in [2.24, 2.45) is 5.73 Å². The SMILES string of the molecule is COc1cccc(C(Cc2ccc(C(C)(C)C)cc2)C(N)=O)c1. The summed E-state index contributed by atoms with van der Waals surface area (Å²) >= 11 is 0. The van der Waals surface area contributed by atoms with Gasteiger partial charge in [-0.15, -0.1) is 0 Å². The lowest BCUT2D eigenvalue weighted by Gasteiger charge is -2.20. The van der Waals surface area contributed by atoms with Crippen molar-refractivity contribution in [2.45, 2.75) is 38.5 Å². The lowest BCUT2D eigenvalue weighted by Crippen LogP contribution is -2.23. The lowest BCUT2D eigenvalue weighted by atomic mass is 9.85. The number of ether oxygens (including phenoxy) is 1. The van der Waals surface area contributed by atoms with Gasteiger partial charge in [0.15, 0.2) is 0 Å². The van der Waals surface area contributed by atoms with Gasteiger partial charge in [-0.1, -0.05) is 57.2 Å². The second kappa shape index (κ2) is 6.86. The summed E-state index contributed by atoms with van der Waals surface area (Å²) in [6, 6.07) is 15.9. The third-order valence-electron chi connectivity index (χ3n) is 4.10. The number of rotatable bonds is 5. The molecule has 2 N–H and O–H groups in total. The number of hydrogen-bond acceptors (Lipinski definition) is 2. The predicted molar refractivity (Wildman–Crippen MR) is 93.8 cm³/mol. The van der Waals surface area contributed by atoms with Crippen molar-refractivity contribution in [1.82, 2.24) is 0 Å². The van der Waals surface area contributed by atoms with Gasteiger partial charge in [-0.05, 0) is 40.7 Å². The molecule has 0 saturated carbocycles. The molecular formula is C20H25NO2. The standard InChI is InChI=1S/C20H25NO2/c1-20(2,3)16-10-8-14(9-11-16)12-18(19(21)22)15-6-5-7-17(13-15)23-4/h5-11,13,18H,12H2,1-4H3,(H2,21,22). The van der Waals surface area contributed by atoms with Crippen molar-refractivity contribution in [1.29, 1.82) is 0 Å². The summed E-state index contributed by atoms with van der Waals surface area (Å²) in [4.78, 5) is 11.9. The van der Waals surface area contributed by atoms with Crippen LogP contribution < -0.4 is 10.5 Å². The van der Waals surface area contributed by atoms with Crippen molar-refractivity contribution >= 4 is 5.91 Å². The highest BCUT2D eigenvalue weighted by Gasteiger charge is 2.20. The first-order chi connectivity index (χ1) is 10.8. The van der Waals surface area contributed by atoms with Crippen LogP contribution in [-0.4, -0.2) is 13.0 Å². The van der Waals surface area contributed by atoms with E-state index in [-0.39, 0.29) is 17.2 Å². The first-order valence-electron chi connectivity index (χ1n) is 7.84. The van der Waals surface area contributed by atoms with Crippen LogP contribution in [0.1, 0.15) is 43.4 Å². The first-order valence-corrected chi connectivity index (χ1v) is 7.84. The minimum atomic E-state index is -0.356. The average molecular weight is 311 g/mol. The molecule has 2 aromatic carbocycles. The molecular weight excluding hydrogens is 286 g/mol. The molecule has 0 radical (unpaired) electrons. The van der Waals surface area contributed by atoms with Crippen molar-refractivity contribution in [3.05, 3.63) is 65.2 Å². The number of amides is 1. The van der Waals surface area contributed by atoms with Gasteiger partial charge in [-0.3, -0.25) is 4.79 Å². The van der Waals surface area contributed by atoms with Gasteiger partial charge in [0, 0.05) is 0 Å². The topological polar surface area (TPSA) is 52.3 Å². The van der Waals surface area contributed by atoms with Crippen molar-refractivity contribution in [3.63, 3.8) is 0 Å². The van der Waals surface area contributed by atoms with E-state index in [2.05, 4.69) is 45.0 Å². The molecule has 0 heterocycles. The fourth-order valence-electron chi connectivity index (χ4n) is 2.62. The maximum Gasteiger partial charge on any atom is 0.225 e. The Kier molecular flexibility index (Phi) is 5.09. The van der Waals surface area contributed by atoms with Crippen LogP contribution in [0.15, 0.2) is 48.5 Å². The van der Waals surface area contributed by atoms with Crippen LogP contribution >= 0.6 is 0 Å². The van der Waals surface area contributed by atoms with Crippen LogP contribution in [0.5, 0.6) is 5.75 Å². The molecule has 1 atom stereocenters. The van der Waals surface area contributed by atoms with Gasteiger partial charge in [-0.25, -0.2) is 0 Å². The Morgan fingerprint density at radius 2 is 1.78 bits per heavy atom. The summed E-state index contributed by atoms with van der Waals surface area (Å²) in [7, 11) is 1.61. The van der Waals surface area contributed by atoms with E-state index in [4.69, 9.17) is 10.5 Å². The molecule has 0 saturated heterocycles. The summed E-state index contributed by atoms with van der Waals surface area (Å²) < 4.78 is 5.24. The number of primary amides is 1. The Hall–Kier alpha value is -2.29. The van der Waals surface area contributed by atoms with E-state index < -0.39 is 0 Å². The van der Waals surface area contributed by atoms with Gasteiger partial charge in [0.25, 0.3) is 0 Å². The van der Waals surface area contributed by atoms with Crippen molar-refractivity contribution in [2.75, 3.05) is 7.11 Å². The first kappa shape index (κ1) is 17.1. The van der Waals surface area contributed by atoms with Crippen LogP contribution in [0.2, 0.25) is 0 Å². The molecule has 3 nitrogen and oxygen atoms in total. The fraction of sp³-hybridized carbons (Fsp3) is 0.350. The quantitative estimate of drug-likeness (QED) is 0.913. The molecule has 0 aromatic heterocycles. The number of carbonyl (C=O) groups is 1. The number of methoxy groups -OCH3 is 1.